The van der Waals surface area contributed by atoms with Crippen LogP contribution < -0.4 is 10.9 Å². The Balaban J connectivity index is 1.92. The van der Waals surface area contributed by atoms with E-state index >= 15 is 0 Å². The molecule has 0 saturated heterocycles. The zero-order valence-electron chi connectivity index (χ0n) is 13.6. The minimum Gasteiger partial charge on any atom is -0.380 e. The highest BCUT2D eigenvalue weighted by atomic mass is 35.5. The van der Waals surface area contributed by atoms with E-state index < -0.39 is 23.1 Å². The Kier molecular flexibility index (Phi) is 4.83. The molecule has 7 nitrogen and oxygen atoms in total. The standard InChI is InChI=1S/C18H14ClN3O4/c1-9(23)20-12-5-2-10(3-6-12)16(24)17(25)15-18(26)22-14-8-11(19)4-7-13(14)21-15/h2-8,16,24H,1H3,(H,20,23)(H,22,26)/t16-/m0/s1. The Labute approximate surface area is 152 Å². The van der Waals surface area contributed by atoms with E-state index in [0.29, 0.717) is 21.7 Å². The number of benzene rings is 2. The predicted molar refractivity (Wildman–Crippen MR) is 97.4 cm³/mol. The lowest BCUT2D eigenvalue weighted by atomic mass is 10.0. The van der Waals surface area contributed by atoms with E-state index in [1.54, 1.807) is 24.3 Å². The van der Waals surface area contributed by atoms with Crippen molar-refractivity contribution in [2.24, 2.45) is 0 Å². The lowest BCUT2D eigenvalue weighted by Gasteiger charge is -2.11. The predicted octanol–water partition coefficient (Wildman–Crippen LogP) is 2.45. The van der Waals surface area contributed by atoms with E-state index in [9.17, 15) is 19.5 Å². The molecule has 0 aliphatic rings. The summed E-state index contributed by atoms with van der Waals surface area (Å²) in [4.78, 5) is 42.3. The van der Waals surface area contributed by atoms with E-state index in [4.69, 9.17) is 11.6 Å². The van der Waals surface area contributed by atoms with Crippen LogP contribution in [-0.2, 0) is 4.79 Å². The van der Waals surface area contributed by atoms with Crippen LogP contribution in [0.4, 0.5) is 5.69 Å². The van der Waals surface area contributed by atoms with Crippen molar-refractivity contribution in [1.82, 2.24) is 9.97 Å². The Bertz CT molecular complexity index is 1060. The van der Waals surface area contributed by atoms with E-state index in [0.717, 1.165) is 0 Å². The minimum atomic E-state index is -1.56. The molecule has 0 unspecified atom stereocenters. The van der Waals surface area contributed by atoms with Crippen LogP contribution in [0.3, 0.4) is 0 Å². The number of aliphatic hydroxyl groups excluding tert-OH is 1. The van der Waals surface area contributed by atoms with Gasteiger partial charge in [0.05, 0.1) is 11.0 Å². The van der Waals surface area contributed by atoms with Gasteiger partial charge in [-0.15, -0.1) is 0 Å². The van der Waals surface area contributed by atoms with Gasteiger partial charge in [0.2, 0.25) is 11.7 Å². The average molecular weight is 372 g/mol. The first-order chi connectivity index (χ1) is 12.3. The summed E-state index contributed by atoms with van der Waals surface area (Å²) in [5, 5.41) is 13.3. The number of Topliss-reactive ketones (excluding diaryl/α,β-unsaturated/α-hetero) is 1. The molecule has 3 N–H and O–H groups in total. The first-order valence-electron chi connectivity index (χ1n) is 7.64. The molecular weight excluding hydrogens is 358 g/mol. The number of aromatic nitrogens is 2. The summed E-state index contributed by atoms with van der Waals surface area (Å²) in [6, 6.07) is 10.8. The van der Waals surface area contributed by atoms with E-state index in [1.165, 1.54) is 25.1 Å². The Morgan fingerprint density at radius 1 is 1.19 bits per heavy atom. The third-order valence-corrected chi connectivity index (χ3v) is 3.92. The van der Waals surface area contributed by atoms with Gasteiger partial charge in [0.1, 0.15) is 6.10 Å². The number of nitrogens with one attached hydrogen (secondary N) is 2. The number of aliphatic hydroxyl groups is 1. The first kappa shape index (κ1) is 17.8. The second-order valence-corrected chi connectivity index (χ2v) is 6.08. The van der Waals surface area contributed by atoms with E-state index in [-0.39, 0.29) is 11.5 Å². The van der Waals surface area contributed by atoms with Crippen molar-refractivity contribution < 1.29 is 14.7 Å². The van der Waals surface area contributed by atoms with Gasteiger partial charge in [0.25, 0.3) is 5.56 Å². The van der Waals surface area contributed by atoms with Crippen molar-refractivity contribution in [1.29, 1.82) is 0 Å². The molecule has 0 radical (unpaired) electrons. The smallest absolute Gasteiger partial charge is 0.278 e. The maximum Gasteiger partial charge on any atom is 0.278 e. The molecule has 26 heavy (non-hydrogen) atoms. The fourth-order valence-electron chi connectivity index (χ4n) is 2.46. The van der Waals surface area contributed by atoms with Gasteiger partial charge in [-0.2, -0.15) is 0 Å². The molecule has 0 fully saturated rings. The fraction of sp³-hybridized carbons (Fsp3) is 0.111. The van der Waals surface area contributed by atoms with Gasteiger partial charge in [0, 0.05) is 17.6 Å². The van der Waals surface area contributed by atoms with Crippen molar-refractivity contribution in [2.75, 3.05) is 5.32 Å². The highest BCUT2D eigenvalue weighted by molar-refractivity contribution is 6.31. The maximum atomic E-state index is 12.5. The molecule has 1 aromatic heterocycles. The van der Waals surface area contributed by atoms with Crippen LogP contribution in [0.25, 0.3) is 11.0 Å². The van der Waals surface area contributed by atoms with Gasteiger partial charge in [-0.1, -0.05) is 23.7 Å². The molecule has 2 aromatic carbocycles. The van der Waals surface area contributed by atoms with Crippen molar-refractivity contribution >= 4 is 40.0 Å². The summed E-state index contributed by atoms with van der Waals surface area (Å²) >= 11 is 5.87. The number of rotatable bonds is 4. The Morgan fingerprint density at radius 2 is 1.88 bits per heavy atom. The number of anilines is 1. The number of nitrogens with zero attached hydrogens (tertiary/aromatic N) is 1. The lowest BCUT2D eigenvalue weighted by molar-refractivity contribution is -0.114. The molecule has 0 bridgehead atoms. The third-order valence-electron chi connectivity index (χ3n) is 3.68. The summed E-state index contributed by atoms with van der Waals surface area (Å²) < 4.78 is 0. The molecule has 132 valence electrons. The number of ketones is 1. The number of fused-ring (bicyclic) bond motifs is 1. The highest BCUT2D eigenvalue weighted by Gasteiger charge is 2.24. The van der Waals surface area contributed by atoms with Crippen molar-refractivity contribution in [3.8, 4) is 0 Å². The summed E-state index contributed by atoms with van der Waals surface area (Å²) in [6.07, 6.45) is -1.56. The zero-order chi connectivity index (χ0) is 18.8. The van der Waals surface area contributed by atoms with E-state index in [1.807, 2.05) is 0 Å². The van der Waals surface area contributed by atoms with Crippen molar-refractivity contribution in [2.45, 2.75) is 13.0 Å². The molecule has 1 heterocycles. The van der Waals surface area contributed by atoms with Crippen LogP contribution in [0.5, 0.6) is 0 Å². The molecule has 8 heteroatoms. The van der Waals surface area contributed by atoms with Gasteiger partial charge in [-0.25, -0.2) is 4.98 Å². The van der Waals surface area contributed by atoms with Crippen molar-refractivity contribution in [3.05, 3.63) is 69.1 Å². The van der Waals surface area contributed by atoms with Gasteiger partial charge in [-0.05, 0) is 35.9 Å². The second kappa shape index (κ2) is 7.07. The molecular formula is C18H14ClN3O4. The summed E-state index contributed by atoms with van der Waals surface area (Å²) in [5.74, 6) is -1.06. The van der Waals surface area contributed by atoms with Crippen LogP contribution >= 0.6 is 11.6 Å². The molecule has 0 saturated carbocycles. The molecule has 1 amide bonds. The molecule has 3 rings (SSSR count). The normalized spacial score (nSPS) is 12.0. The molecule has 0 spiro atoms. The van der Waals surface area contributed by atoms with Gasteiger partial charge >= 0.3 is 0 Å². The Hall–Kier alpha value is -3.03. The second-order valence-electron chi connectivity index (χ2n) is 5.65. The zero-order valence-corrected chi connectivity index (χ0v) is 14.4. The molecule has 3 aromatic rings. The number of aromatic amines is 1. The summed E-state index contributed by atoms with van der Waals surface area (Å²) in [5.41, 5.74) is 0.483. The first-order valence-corrected chi connectivity index (χ1v) is 8.02. The van der Waals surface area contributed by atoms with E-state index in [2.05, 4.69) is 15.3 Å². The monoisotopic (exact) mass is 371 g/mol. The Morgan fingerprint density at radius 3 is 2.54 bits per heavy atom. The van der Waals surface area contributed by atoms with Gasteiger partial charge in [-0.3, -0.25) is 14.4 Å². The number of hydrogen-bond acceptors (Lipinski definition) is 5. The topological polar surface area (TPSA) is 112 Å². The lowest BCUT2D eigenvalue weighted by Crippen LogP contribution is -2.24. The number of carbonyl (C=O) groups excluding carboxylic acids is 2. The third kappa shape index (κ3) is 3.63. The largest absolute Gasteiger partial charge is 0.380 e. The number of H-pyrrole nitrogens is 1. The van der Waals surface area contributed by atoms with Crippen LogP contribution in [0.1, 0.15) is 29.1 Å². The molecule has 0 aliphatic heterocycles. The van der Waals surface area contributed by atoms with Gasteiger partial charge in [0.15, 0.2) is 5.69 Å². The number of amides is 1. The maximum absolute atomic E-state index is 12.5. The van der Waals surface area contributed by atoms with Crippen LogP contribution in [-0.4, -0.2) is 26.8 Å². The van der Waals surface area contributed by atoms with Crippen LogP contribution in [0.2, 0.25) is 5.02 Å². The van der Waals surface area contributed by atoms with Crippen LogP contribution in [0.15, 0.2) is 47.3 Å². The minimum absolute atomic E-state index is 0.235. The van der Waals surface area contributed by atoms with Crippen LogP contribution in [0, 0.1) is 0 Å². The number of halogens is 1. The summed E-state index contributed by atoms with van der Waals surface area (Å²) in [6.45, 7) is 1.37. The van der Waals surface area contributed by atoms with Crippen molar-refractivity contribution in [3.63, 3.8) is 0 Å². The average Bonchev–Trinajstić information content (AvgIpc) is 2.60. The fourth-order valence-corrected chi connectivity index (χ4v) is 2.63. The highest BCUT2D eigenvalue weighted by Crippen LogP contribution is 2.20. The molecule has 1 atom stereocenters. The SMILES string of the molecule is CC(=O)Nc1ccc([C@H](O)C(=O)c2nc3ccc(Cl)cc3[nH]c2=O)cc1. The summed E-state index contributed by atoms with van der Waals surface area (Å²) in [7, 11) is 0. The number of hydrogen-bond donors (Lipinski definition) is 3. The molecule has 0 aliphatic carbocycles. The van der Waals surface area contributed by atoms with Gasteiger partial charge < -0.3 is 15.4 Å². The number of carbonyl (C=O) groups is 2. The quantitative estimate of drug-likeness (QED) is 0.610.